The van der Waals surface area contributed by atoms with Crippen LogP contribution in [0.3, 0.4) is 0 Å². The fraction of sp³-hybridized carbons (Fsp3) is 0.688. The van der Waals surface area contributed by atoms with E-state index in [-0.39, 0.29) is 0 Å². The van der Waals surface area contributed by atoms with Crippen molar-refractivity contribution in [3.05, 3.63) is 28.7 Å². The predicted octanol–water partition coefficient (Wildman–Crippen LogP) is 1.99. The van der Waals surface area contributed by atoms with Crippen molar-refractivity contribution >= 4 is 0 Å². The van der Waals surface area contributed by atoms with Crippen LogP contribution in [0, 0.1) is 13.8 Å². The van der Waals surface area contributed by atoms with Crippen LogP contribution in [0.4, 0.5) is 0 Å². The summed E-state index contributed by atoms with van der Waals surface area (Å²) >= 11 is 0. The second-order valence-electron chi connectivity index (χ2n) is 6.22. The average molecular weight is 319 g/mol. The minimum atomic E-state index is 0.468. The largest absolute Gasteiger partial charge is 0.361 e. The van der Waals surface area contributed by atoms with Crippen LogP contribution < -0.4 is 5.32 Å². The summed E-state index contributed by atoms with van der Waals surface area (Å²) in [5, 5.41) is 11.7. The van der Waals surface area contributed by atoms with E-state index in [4.69, 9.17) is 9.05 Å². The maximum absolute atomic E-state index is 5.22. The standard InChI is InChI=1S/C16H25N5O2/c1-4-16-18-15(20-23-16)10-21-7-5-6-13(9-21)17-8-14-11(2)19-22-12(14)3/h13,17H,4-10H2,1-3H3/t13-/m1/s1. The highest BCUT2D eigenvalue weighted by atomic mass is 16.5. The molecule has 3 rings (SSSR count). The van der Waals surface area contributed by atoms with Gasteiger partial charge in [-0.3, -0.25) is 4.90 Å². The zero-order valence-corrected chi connectivity index (χ0v) is 14.1. The van der Waals surface area contributed by atoms with Crippen LogP contribution in [-0.4, -0.2) is 39.3 Å². The summed E-state index contributed by atoms with van der Waals surface area (Å²) in [6.45, 7) is 9.62. The lowest BCUT2D eigenvalue weighted by Crippen LogP contribution is -2.45. The molecule has 1 saturated heterocycles. The first-order valence-electron chi connectivity index (χ1n) is 8.34. The van der Waals surface area contributed by atoms with Gasteiger partial charge in [0, 0.05) is 31.1 Å². The van der Waals surface area contributed by atoms with Crippen LogP contribution in [0.2, 0.25) is 0 Å². The van der Waals surface area contributed by atoms with Crippen molar-refractivity contribution in [2.45, 2.75) is 59.2 Å². The Kier molecular flexibility index (Phi) is 5.07. The monoisotopic (exact) mass is 319 g/mol. The number of nitrogens with zero attached hydrogens (tertiary/aromatic N) is 4. The second kappa shape index (κ2) is 7.23. The summed E-state index contributed by atoms with van der Waals surface area (Å²) < 4.78 is 10.4. The molecular weight excluding hydrogens is 294 g/mol. The summed E-state index contributed by atoms with van der Waals surface area (Å²) in [5.41, 5.74) is 2.15. The first-order chi connectivity index (χ1) is 11.2. The number of hydrogen-bond acceptors (Lipinski definition) is 7. The molecule has 1 N–H and O–H groups in total. The summed E-state index contributed by atoms with van der Waals surface area (Å²) in [6, 6.07) is 0.468. The molecule has 2 aromatic heterocycles. The third kappa shape index (κ3) is 3.97. The topological polar surface area (TPSA) is 80.2 Å². The van der Waals surface area contributed by atoms with Crippen molar-refractivity contribution in [1.82, 2.24) is 25.5 Å². The molecule has 1 aliphatic rings. The van der Waals surface area contributed by atoms with Crippen molar-refractivity contribution in [2.75, 3.05) is 13.1 Å². The smallest absolute Gasteiger partial charge is 0.226 e. The highest BCUT2D eigenvalue weighted by molar-refractivity contribution is 5.20. The molecular formula is C16H25N5O2. The van der Waals surface area contributed by atoms with Crippen LogP contribution in [-0.2, 0) is 19.5 Å². The molecule has 7 nitrogen and oxygen atoms in total. The van der Waals surface area contributed by atoms with E-state index < -0.39 is 0 Å². The third-order valence-corrected chi connectivity index (χ3v) is 4.43. The molecule has 1 fully saturated rings. The van der Waals surface area contributed by atoms with Crippen molar-refractivity contribution in [1.29, 1.82) is 0 Å². The molecule has 0 radical (unpaired) electrons. The van der Waals surface area contributed by atoms with E-state index >= 15 is 0 Å². The molecule has 7 heteroatoms. The lowest BCUT2D eigenvalue weighted by atomic mass is 10.0. The van der Waals surface area contributed by atoms with Crippen LogP contribution in [0.15, 0.2) is 9.05 Å². The highest BCUT2D eigenvalue weighted by Gasteiger charge is 2.22. The molecule has 0 saturated carbocycles. The predicted molar refractivity (Wildman–Crippen MR) is 84.8 cm³/mol. The number of aryl methyl sites for hydroxylation is 3. The van der Waals surface area contributed by atoms with E-state index in [1.54, 1.807) is 0 Å². The van der Waals surface area contributed by atoms with Crippen molar-refractivity contribution in [2.24, 2.45) is 0 Å². The normalized spacial score (nSPS) is 19.3. The van der Waals surface area contributed by atoms with E-state index in [9.17, 15) is 0 Å². The van der Waals surface area contributed by atoms with Gasteiger partial charge in [-0.05, 0) is 33.2 Å². The summed E-state index contributed by atoms with van der Waals surface area (Å²) in [7, 11) is 0. The van der Waals surface area contributed by atoms with Crippen molar-refractivity contribution < 1.29 is 9.05 Å². The molecule has 0 aliphatic carbocycles. The molecule has 0 aromatic carbocycles. The highest BCUT2D eigenvalue weighted by Crippen LogP contribution is 2.16. The summed E-state index contributed by atoms with van der Waals surface area (Å²) in [5.74, 6) is 2.40. The Hall–Kier alpha value is -1.73. The van der Waals surface area contributed by atoms with Crippen LogP contribution in [0.1, 0.15) is 48.5 Å². The van der Waals surface area contributed by atoms with E-state index in [1.807, 2.05) is 20.8 Å². The molecule has 23 heavy (non-hydrogen) atoms. The van der Waals surface area contributed by atoms with Gasteiger partial charge in [0.1, 0.15) is 5.76 Å². The number of nitrogens with one attached hydrogen (secondary N) is 1. The molecule has 1 atom stereocenters. The van der Waals surface area contributed by atoms with Crippen molar-refractivity contribution in [3.63, 3.8) is 0 Å². The van der Waals surface area contributed by atoms with Gasteiger partial charge in [0.15, 0.2) is 5.82 Å². The Balaban J connectivity index is 1.51. The number of likely N-dealkylation sites (tertiary alicyclic amines) is 1. The SMILES string of the molecule is CCc1nc(CN2CCC[C@@H](NCc3c(C)noc3C)C2)no1. The summed E-state index contributed by atoms with van der Waals surface area (Å²) in [4.78, 5) is 6.78. The zero-order chi connectivity index (χ0) is 16.2. The molecule has 0 spiro atoms. The van der Waals surface area contributed by atoms with Gasteiger partial charge in [0.05, 0.1) is 12.2 Å². The molecule has 0 unspecified atom stereocenters. The fourth-order valence-corrected chi connectivity index (χ4v) is 3.06. The van der Waals surface area contributed by atoms with Gasteiger partial charge in [0.2, 0.25) is 5.89 Å². The van der Waals surface area contributed by atoms with E-state index in [0.29, 0.717) is 11.9 Å². The maximum Gasteiger partial charge on any atom is 0.226 e. The number of rotatable bonds is 6. The Labute approximate surface area is 136 Å². The Morgan fingerprint density at radius 3 is 2.83 bits per heavy atom. The Bertz CT molecular complexity index is 617. The first-order valence-corrected chi connectivity index (χ1v) is 8.34. The molecule has 0 bridgehead atoms. The molecule has 3 heterocycles. The molecule has 0 amide bonds. The fourth-order valence-electron chi connectivity index (χ4n) is 3.06. The lowest BCUT2D eigenvalue weighted by molar-refractivity contribution is 0.177. The van der Waals surface area contributed by atoms with Crippen LogP contribution in [0.25, 0.3) is 0 Å². The first kappa shape index (κ1) is 16.1. The molecule has 126 valence electrons. The minimum absolute atomic E-state index is 0.468. The van der Waals surface area contributed by atoms with Gasteiger partial charge in [-0.25, -0.2) is 0 Å². The number of hydrogen-bond donors (Lipinski definition) is 1. The van der Waals surface area contributed by atoms with E-state index in [0.717, 1.165) is 49.9 Å². The minimum Gasteiger partial charge on any atom is -0.361 e. The Morgan fingerprint density at radius 2 is 2.13 bits per heavy atom. The molecule has 2 aromatic rings. The number of piperidine rings is 1. The second-order valence-corrected chi connectivity index (χ2v) is 6.22. The average Bonchev–Trinajstić information content (AvgIpc) is 3.13. The summed E-state index contributed by atoms with van der Waals surface area (Å²) in [6.07, 6.45) is 3.15. The van der Waals surface area contributed by atoms with Gasteiger partial charge < -0.3 is 14.4 Å². The van der Waals surface area contributed by atoms with Crippen LogP contribution >= 0.6 is 0 Å². The van der Waals surface area contributed by atoms with E-state index in [2.05, 4.69) is 25.5 Å². The zero-order valence-electron chi connectivity index (χ0n) is 14.1. The van der Waals surface area contributed by atoms with Crippen molar-refractivity contribution in [3.8, 4) is 0 Å². The molecule has 1 aliphatic heterocycles. The lowest BCUT2D eigenvalue weighted by Gasteiger charge is -2.32. The van der Waals surface area contributed by atoms with Gasteiger partial charge in [0.25, 0.3) is 0 Å². The van der Waals surface area contributed by atoms with E-state index in [1.165, 1.54) is 18.4 Å². The van der Waals surface area contributed by atoms with Gasteiger partial charge in [-0.15, -0.1) is 0 Å². The quantitative estimate of drug-likeness (QED) is 0.872. The Morgan fingerprint density at radius 1 is 1.26 bits per heavy atom. The third-order valence-electron chi connectivity index (χ3n) is 4.43. The van der Waals surface area contributed by atoms with Crippen LogP contribution in [0.5, 0.6) is 0 Å². The number of aromatic nitrogens is 3. The van der Waals surface area contributed by atoms with Gasteiger partial charge in [-0.2, -0.15) is 4.98 Å². The van der Waals surface area contributed by atoms with Gasteiger partial charge in [-0.1, -0.05) is 17.2 Å². The van der Waals surface area contributed by atoms with Gasteiger partial charge >= 0.3 is 0 Å². The maximum atomic E-state index is 5.22.